The Hall–Kier alpha value is -0.670. The average Bonchev–Trinajstić information content (AvgIpc) is 2.27. The molecule has 0 atom stereocenters. The molecular formula is C14H20BrNO. The first-order chi connectivity index (χ1) is 8.04. The molecule has 0 aromatic heterocycles. The number of benzene rings is 1. The van der Waals surface area contributed by atoms with Gasteiger partial charge in [0.25, 0.3) is 0 Å². The number of carbonyl (C=O) groups excluding carboxylic acids is 1. The van der Waals surface area contributed by atoms with E-state index in [0.29, 0.717) is 12.5 Å². The predicted octanol–water partition coefficient (Wildman–Crippen LogP) is 3.61. The maximum atomic E-state index is 12.1. The average molecular weight is 298 g/mol. The van der Waals surface area contributed by atoms with Crippen molar-refractivity contribution < 1.29 is 4.79 Å². The molecule has 0 aliphatic rings. The molecular weight excluding hydrogens is 278 g/mol. The lowest BCUT2D eigenvalue weighted by molar-refractivity contribution is 0.0925. The maximum absolute atomic E-state index is 12.1. The lowest BCUT2D eigenvalue weighted by Gasteiger charge is -2.21. The molecule has 1 rings (SSSR count). The van der Waals surface area contributed by atoms with Crippen molar-refractivity contribution in [1.82, 2.24) is 4.90 Å². The van der Waals surface area contributed by atoms with Gasteiger partial charge in [0.1, 0.15) is 0 Å². The van der Waals surface area contributed by atoms with Crippen LogP contribution >= 0.6 is 15.9 Å². The van der Waals surface area contributed by atoms with E-state index in [1.165, 1.54) is 0 Å². The van der Waals surface area contributed by atoms with Gasteiger partial charge in [-0.05, 0) is 18.5 Å². The van der Waals surface area contributed by atoms with Crippen molar-refractivity contribution in [3.8, 4) is 0 Å². The number of nitrogens with zero attached hydrogens (tertiary/aromatic N) is 1. The molecule has 0 fully saturated rings. The zero-order valence-corrected chi connectivity index (χ0v) is 12.3. The van der Waals surface area contributed by atoms with Gasteiger partial charge in [0.05, 0.1) is 6.54 Å². The van der Waals surface area contributed by atoms with Gasteiger partial charge >= 0.3 is 0 Å². The monoisotopic (exact) mass is 297 g/mol. The Balaban J connectivity index is 2.68. The van der Waals surface area contributed by atoms with Crippen LogP contribution in [0.25, 0.3) is 0 Å². The smallest absolute Gasteiger partial charge is 0.177 e. The molecule has 2 nitrogen and oxygen atoms in total. The second-order valence-electron chi connectivity index (χ2n) is 4.62. The van der Waals surface area contributed by atoms with Gasteiger partial charge in [0.15, 0.2) is 5.78 Å². The zero-order chi connectivity index (χ0) is 12.8. The number of Topliss-reactive ketones (excluding diaryl/α,β-unsaturated/α-hetero) is 1. The number of halogens is 1. The fourth-order valence-electron chi connectivity index (χ4n) is 1.80. The van der Waals surface area contributed by atoms with E-state index in [1.807, 2.05) is 24.3 Å². The second kappa shape index (κ2) is 6.92. The Labute approximate surface area is 112 Å². The molecule has 0 heterocycles. The third-order valence-electron chi connectivity index (χ3n) is 2.61. The van der Waals surface area contributed by atoms with Crippen LogP contribution in [0.3, 0.4) is 0 Å². The van der Waals surface area contributed by atoms with E-state index in [2.05, 4.69) is 41.6 Å². The minimum atomic E-state index is 0.181. The quantitative estimate of drug-likeness (QED) is 0.748. The lowest BCUT2D eigenvalue weighted by atomic mass is 10.1. The molecule has 0 N–H and O–H groups in total. The largest absolute Gasteiger partial charge is 0.296 e. The highest BCUT2D eigenvalue weighted by atomic mass is 79.9. The molecule has 17 heavy (non-hydrogen) atoms. The van der Waals surface area contributed by atoms with Crippen molar-refractivity contribution in [3.63, 3.8) is 0 Å². The van der Waals surface area contributed by atoms with E-state index in [-0.39, 0.29) is 5.78 Å². The molecule has 0 saturated carbocycles. The van der Waals surface area contributed by atoms with Crippen LogP contribution in [0.1, 0.15) is 31.1 Å². The van der Waals surface area contributed by atoms with Gasteiger partial charge in [0.2, 0.25) is 0 Å². The van der Waals surface area contributed by atoms with Crippen molar-refractivity contribution in [2.24, 2.45) is 5.92 Å². The van der Waals surface area contributed by atoms with E-state index in [4.69, 9.17) is 0 Å². The van der Waals surface area contributed by atoms with Crippen molar-refractivity contribution in [3.05, 3.63) is 34.3 Å². The van der Waals surface area contributed by atoms with E-state index < -0.39 is 0 Å². The van der Waals surface area contributed by atoms with Gasteiger partial charge in [0, 0.05) is 16.6 Å². The minimum absolute atomic E-state index is 0.181. The molecule has 1 aromatic rings. The number of hydrogen-bond donors (Lipinski definition) is 0. The fraction of sp³-hybridized carbons (Fsp3) is 0.500. The molecule has 0 radical (unpaired) electrons. The lowest BCUT2D eigenvalue weighted by Crippen LogP contribution is -2.33. The molecule has 0 aliphatic carbocycles. The predicted molar refractivity (Wildman–Crippen MR) is 75.4 cm³/mol. The Morgan fingerprint density at radius 3 is 2.53 bits per heavy atom. The standard InChI is InChI=1S/C14H20BrNO/c1-4-16(9-11(2)3)10-14(17)12-7-5-6-8-13(12)15/h5-8,11H,4,9-10H2,1-3H3. The Kier molecular flexibility index (Phi) is 5.86. The number of ketones is 1. The Morgan fingerprint density at radius 2 is 2.00 bits per heavy atom. The molecule has 0 amide bonds. The van der Waals surface area contributed by atoms with E-state index in [1.54, 1.807) is 0 Å². The summed E-state index contributed by atoms with van der Waals surface area (Å²) >= 11 is 3.42. The maximum Gasteiger partial charge on any atom is 0.177 e. The van der Waals surface area contributed by atoms with Crippen LogP contribution in [-0.2, 0) is 0 Å². The van der Waals surface area contributed by atoms with Crippen LogP contribution in [0.15, 0.2) is 28.7 Å². The molecule has 0 aliphatic heterocycles. The van der Waals surface area contributed by atoms with Crippen LogP contribution in [0, 0.1) is 5.92 Å². The zero-order valence-electron chi connectivity index (χ0n) is 10.7. The number of rotatable bonds is 6. The fourth-order valence-corrected chi connectivity index (χ4v) is 2.30. The first-order valence-corrected chi connectivity index (χ1v) is 6.84. The van der Waals surface area contributed by atoms with Crippen LogP contribution in [0.5, 0.6) is 0 Å². The summed E-state index contributed by atoms with van der Waals surface area (Å²) in [6, 6.07) is 7.60. The molecule has 3 heteroatoms. The molecule has 0 saturated heterocycles. The van der Waals surface area contributed by atoms with Gasteiger partial charge in [-0.1, -0.05) is 54.9 Å². The van der Waals surface area contributed by atoms with Crippen LogP contribution in [0.2, 0.25) is 0 Å². The van der Waals surface area contributed by atoms with Gasteiger partial charge in [-0.25, -0.2) is 0 Å². The van der Waals surface area contributed by atoms with Crippen LogP contribution in [-0.4, -0.2) is 30.3 Å². The summed E-state index contributed by atoms with van der Waals surface area (Å²) in [6.07, 6.45) is 0. The van der Waals surface area contributed by atoms with Gasteiger partial charge in [-0.3, -0.25) is 9.69 Å². The molecule has 0 unspecified atom stereocenters. The number of carbonyl (C=O) groups is 1. The highest BCUT2D eigenvalue weighted by Gasteiger charge is 2.14. The molecule has 1 aromatic carbocycles. The SMILES string of the molecule is CCN(CC(=O)c1ccccc1Br)CC(C)C. The third-order valence-corrected chi connectivity index (χ3v) is 3.30. The van der Waals surface area contributed by atoms with Gasteiger partial charge < -0.3 is 0 Å². The summed E-state index contributed by atoms with van der Waals surface area (Å²) in [6.45, 7) is 8.81. The molecule has 0 bridgehead atoms. The Bertz CT molecular complexity index is 376. The highest BCUT2D eigenvalue weighted by Crippen LogP contribution is 2.16. The third kappa shape index (κ3) is 4.60. The summed E-state index contributed by atoms with van der Waals surface area (Å²) in [5.74, 6) is 0.766. The molecule has 0 spiro atoms. The van der Waals surface area contributed by atoms with Crippen molar-refractivity contribution in [2.75, 3.05) is 19.6 Å². The van der Waals surface area contributed by atoms with Crippen LogP contribution < -0.4 is 0 Å². The van der Waals surface area contributed by atoms with E-state index in [9.17, 15) is 4.79 Å². The highest BCUT2D eigenvalue weighted by molar-refractivity contribution is 9.10. The summed E-state index contributed by atoms with van der Waals surface area (Å²) in [5.41, 5.74) is 0.773. The van der Waals surface area contributed by atoms with Gasteiger partial charge in [-0.2, -0.15) is 0 Å². The van der Waals surface area contributed by atoms with Crippen molar-refractivity contribution >= 4 is 21.7 Å². The summed E-state index contributed by atoms with van der Waals surface area (Å²) < 4.78 is 0.880. The van der Waals surface area contributed by atoms with Gasteiger partial charge in [-0.15, -0.1) is 0 Å². The second-order valence-corrected chi connectivity index (χ2v) is 5.48. The normalized spacial score (nSPS) is 11.2. The van der Waals surface area contributed by atoms with E-state index in [0.717, 1.165) is 23.1 Å². The van der Waals surface area contributed by atoms with Crippen LogP contribution in [0.4, 0.5) is 0 Å². The van der Waals surface area contributed by atoms with E-state index >= 15 is 0 Å². The summed E-state index contributed by atoms with van der Waals surface area (Å²) in [4.78, 5) is 14.3. The number of hydrogen-bond acceptors (Lipinski definition) is 2. The van der Waals surface area contributed by atoms with Crippen molar-refractivity contribution in [1.29, 1.82) is 0 Å². The Morgan fingerprint density at radius 1 is 1.35 bits per heavy atom. The van der Waals surface area contributed by atoms with Crippen molar-refractivity contribution in [2.45, 2.75) is 20.8 Å². The summed E-state index contributed by atoms with van der Waals surface area (Å²) in [7, 11) is 0. The first kappa shape index (κ1) is 14.4. The number of likely N-dealkylation sites (N-methyl/N-ethyl adjacent to an activating group) is 1. The topological polar surface area (TPSA) is 20.3 Å². The molecule has 94 valence electrons. The minimum Gasteiger partial charge on any atom is -0.296 e. The first-order valence-electron chi connectivity index (χ1n) is 6.04. The summed E-state index contributed by atoms with van der Waals surface area (Å²) in [5, 5.41) is 0.